The van der Waals surface area contributed by atoms with E-state index in [1.807, 2.05) is 48.5 Å². The summed E-state index contributed by atoms with van der Waals surface area (Å²) in [5.41, 5.74) is 2.91. The van der Waals surface area contributed by atoms with Gasteiger partial charge in [-0.2, -0.15) is 0 Å². The molecule has 2 aromatic carbocycles. The summed E-state index contributed by atoms with van der Waals surface area (Å²) in [6.07, 6.45) is 0. The number of ether oxygens (including phenoxy) is 2. The van der Waals surface area contributed by atoms with E-state index >= 15 is 0 Å². The Morgan fingerprint density at radius 1 is 0.909 bits per heavy atom. The molecule has 0 saturated heterocycles. The molecule has 0 spiro atoms. The van der Waals surface area contributed by atoms with Crippen LogP contribution in [0.5, 0.6) is 11.5 Å². The van der Waals surface area contributed by atoms with Gasteiger partial charge in [0.15, 0.2) is 0 Å². The van der Waals surface area contributed by atoms with E-state index in [1.54, 1.807) is 14.2 Å². The van der Waals surface area contributed by atoms with Crippen molar-refractivity contribution in [1.82, 2.24) is 0 Å². The van der Waals surface area contributed by atoms with Crippen LogP contribution >= 0.6 is 0 Å². The van der Waals surface area contributed by atoms with Crippen LogP contribution in [0, 0.1) is 6.92 Å². The highest BCUT2D eigenvalue weighted by molar-refractivity contribution is 5.89. The van der Waals surface area contributed by atoms with Gasteiger partial charge >= 0.3 is 11.3 Å². The first-order valence-electron chi connectivity index (χ1n) is 6.78. The molecular weight excluding hydrogens is 300 g/mol. The van der Waals surface area contributed by atoms with E-state index in [0.29, 0.717) is 5.75 Å². The Bertz CT molecular complexity index is 785. The molecule has 0 aliphatic carbocycles. The second-order valence-corrected chi connectivity index (χ2v) is 4.86. The molecule has 3 aromatic rings. The molecule has 1 aromatic heterocycles. The Morgan fingerprint density at radius 3 is 2.27 bits per heavy atom. The number of hydrogen-bond acceptors (Lipinski definition) is 2. The number of fused-ring (bicyclic) bond motifs is 1. The van der Waals surface area contributed by atoms with Crippen molar-refractivity contribution in [3.05, 3.63) is 54.1 Å². The van der Waals surface area contributed by atoms with Gasteiger partial charge in [-0.25, -0.2) is 4.42 Å². The Hall–Kier alpha value is -2.26. The van der Waals surface area contributed by atoms with Crippen LogP contribution in [-0.4, -0.2) is 14.2 Å². The van der Waals surface area contributed by atoms with Crippen molar-refractivity contribution < 1.29 is 26.3 Å². The summed E-state index contributed by atoms with van der Waals surface area (Å²) < 4.78 is 16.8. The molecule has 0 aliphatic heterocycles. The fourth-order valence-corrected chi connectivity index (χ4v) is 2.48. The minimum atomic E-state index is 0. The topological polar surface area (TPSA) is 29.8 Å². The zero-order valence-corrected chi connectivity index (χ0v) is 13.5. The number of benzene rings is 2. The SMILES string of the molecule is COc1cc(OC)c2c(C)cc(-c3ccccc3)[o+]c2c1.[Cl-]. The van der Waals surface area contributed by atoms with Crippen LogP contribution in [0.2, 0.25) is 0 Å². The van der Waals surface area contributed by atoms with Crippen LogP contribution in [0.1, 0.15) is 5.56 Å². The van der Waals surface area contributed by atoms with Crippen molar-refractivity contribution in [2.75, 3.05) is 14.2 Å². The Morgan fingerprint density at radius 2 is 1.64 bits per heavy atom. The van der Waals surface area contributed by atoms with Gasteiger partial charge in [0.25, 0.3) is 0 Å². The van der Waals surface area contributed by atoms with E-state index in [2.05, 4.69) is 6.92 Å². The van der Waals surface area contributed by atoms with Gasteiger partial charge in [-0.3, -0.25) is 0 Å². The Kier molecular flexibility index (Phi) is 4.88. The van der Waals surface area contributed by atoms with E-state index < -0.39 is 0 Å². The van der Waals surface area contributed by atoms with E-state index in [1.165, 1.54) is 0 Å². The number of methoxy groups -OCH3 is 2. The molecule has 0 radical (unpaired) electrons. The lowest BCUT2D eigenvalue weighted by Gasteiger charge is -2.06. The molecule has 0 atom stereocenters. The normalized spacial score (nSPS) is 10.1. The minimum absolute atomic E-state index is 0. The lowest BCUT2D eigenvalue weighted by atomic mass is 10.1. The third kappa shape index (κ3) is 2.85. The van der Waals surface area contributed by atoms with Crippen LogP contribution in [0.3, 0.4) is 0 Å². The molecule has 1 heterocycles. The summed E-state index contributed by atoms with van der Waals surface area (Å²) >= 11 is 0. The van der Waals surface area contributed by atoms with Crippen LogP contribution in [0.4, 0.5) is 0 Å². The van der Waals surface area contributed by atoms with Crippen molar-refractivity contribution in [2.24, 2.45) is 0 Å². The molecular formula is C18H17ClO3. The van der Waals surface area contributed by atoms with E-state index in [-0.39, 0.29) is 12.4 Å². The van der Waals surface area contributed by atoms with Crippen molar-refractivity contribution >= 4 is 11.0 Å². The largest absolute Gasteiger partial charge is 1.00 e. The summed E-state index contributed by atoms with van der Waals surface area (Å²) in [6, 6.07) is 15.8. The first kappa shape index (κ1) is 16.1. The van der Waals surface area contributed by atoms with Gasteiger partial charge in [-0.15, -0.1) is 0 Å². The molecule has 0 bridgehead atoms. The van der Waals surface area contributed by atoms with Gasteiger partial charge in [0, 0.05) is 12.1 Å². The molecule has 22 heavy (non-hydrogen) atoms. The van der Waals surface area contributed by atoms with Crippen LogP contribution in [-0.2, 0) is 0 Å². The fourth-order valence-electron chi connectivity index (χ4n) is 2.48. The lowest BCUT2D eigenvalue weighted by Crippen LogP contribution is -3.00. The van der Waals surface area contributed by atoms with Gasteiger partial charge in [0.05, 0.1) is 25.8 Å². The van der Waals surface area contributed by atoms with Gasteiger partial charge in [-0.05, 0) is 24.6 Å². The fraction of sp³-hybridized carbons (Fsp3) is 0.167. The third-order valence-electron chi connectivity index (χ3n) is 3.52. The molecule has 0 fully saturated rings. The van der Waals surface area contributed by atoms with E-state index in [4.69, 9.17) is 13.9 Å². The second kappa shape index (κ2) is 6.67. The maximum absolute atomic E-state index is 6.05. The zero-order chi connectivity index (χ0) is 14.8. The average Bonchev–Trinajstić information content (AvgIpc) is 2.54. The standard InChI is InChI=1S/C18H17O3.ClH/c1-12-9-15(13-7-5-4-6-8-13)21-17-11-14(19-2)10-16(20-3)18(12)17;/h4-11H,1-3H3;1H/q+1;/p-1. The van der Waals surface area contributed by atoms with Crippen LogP contribution in [0.15, 0.2) is 52.9 Å². The van der Waals surface area contributed by atoms with Crippen LogP contribution < -0.4 is 21.9 Å². The highest BCUT2D eigenvalue weighted by atomic mass is 35.5. The second-order valence-electron chi connectivity index (χ2n) is 4.86. The van der Waals surface area contributed by atoms with E-state index in [0.717, 1.165) is 33.6 Å². The smallest absolute Gasteiger partial charge is 0.368 e. The van der Waals surface area contributed by atoms with Crippen LogP contribution in [0.25, 0.3) is 22.3 Å². The maximum atomic E-state index is 6.05. The van der Waals surface area contributed by atoms with Gasteiger partial charge in [0.2, 0.25) is 0 Å². The monoisotopic (exact) mass is 316 g/mol. The maximum Gasteiger partial charge on any atom is 0.368 e. The van der Waals surface area contributed by atoms with Gasteiger partial charge < -0.3 is 21.9 Å². The van der Waals surface area contributed by atoms with Crippen molar-refractivity contribution in [3.8, 4) is 22.8 Å². The lowest BCUT2D eigenvalue weighted by molar-refractivity contribution is -0.00000543. The highest BCUT2D eigenvalue weighted by Gasteiger charge is 2.21. The van der Waals surface area contributed by atoms with Crippen molar-refractivity contribution in [1.29, 1.82) is 0 Å². The van der Waals surface area contributed by atoms with Crippen molar-refractivity contribution in [2.45, 2.75) is 6.92 Å². The number of aryl methyl sites for hydroxylation is 1. The van der Waals surface area contributed by atoms with Gasteiger partial charge in [-0.1, -0.05) is 18.2 Å². The third-order valence-corrected chi connectivity index (χ3v) is 3.52. The summed E-state index contributed by atoms with van der Waals surface area (Å²) in [5, 5.41) is 0.970. The molecule has 4 heteroatoms. The number of rotatable bonds is 3. The molecule has 0 aliphatic rings. The summed E-state index contributed by atoms with van der Waals surface area (Å²) in [5.74, 6) is 2.30. The van der Waals surface area contributed by atoms with Crippen molar-refractivity contribution in [3.63, 3.8) is 0 Å². The average molecular weight is 317 g/mol. The van der Waals surface area contributed by atoms with Gasteiger partial charge in [0.1, 0.15) is 16.9 Å². The molecule has 114 valence electrons. The molecule has 3 nitrogen and oxygen atoms in total. The predicted molar refractivity (Wildman–Crippen MR) is 83.9 cm³/mol. The zero-order valence-electron chi connectivity index (χ0n) is 12.7. The Balaban J connectivity index is 0.00000176. The molecule has 0 unspecified atom stereocenters. The highest BCUT2D eigenvalue weighted by Crippen LogP contribution is 2.36. The first-order chi connectivity index (χ1) is 10.2. The Labute approximate surface area is 135 Å². The summed E-state index contributed by atoms with van der Waals surface area (Å²) in [4.78, 5) is 0. The minimum Gasteiger partial charge on any atom is -1.00 e. The molecule has 0 amide bonds. The summed E-state index contributed by atoms with van der Waals surface area (Å²) in [6.45, 7) is 2.05. The first-order valence-corrected chi connectivity index (χ1v) is 6.78. The number of halogens is 1. The molecule has 0 N–H and O–H groups in total. The quantitative estimate of drug-likeness (QED) is 0.689. The molecule has 0 saturated carbocycles. The predicted octanol–water partition coefficient (Wildman–Crippen LogP) is 1.71. The summed E-state index contributed by atoms with van der Waals surface area (Å²) in [7, 11) is 3.28. The number of hydrogen-bond donors (Lipinski definition) is 0. The van der Waals surface area contributed by atoms with E-state index in [9.17, 15) is 0 Å². The molecule has 3 rings (SSSR count).